The Hall–Kier alpha value is -3.25. The number of furan rings is 1. The summed E-state index contributed by atoms with van der Waals surface area (Å²) in [6, 6.07) is 14.8. The summed E-state index contributed by atoms with van der Waals surface area (Å²) in [5.74, 6) is 1.48. The lowest BCUT2D eigenvalue weighted by molar-refractivity contribution is -0.116. The molecule has 6 nitrogen and oxygen atoms in total. The van der Waals surface area contributed by atoms with Crippen molar-refractivity contribution in [3.8, 4) is 11.5 Å². The van der Waals surface area contributed by atoms with Gasteiger partial charge in [0, 0.05) is 18.0 Å². The van der Waals surface area contributed by atoms with E-state index in [1.54, 1.807) is 32.4 Å². The molecule has 0 unspecified atom stereocenters. The van der Waals surface area contributed by atoms with Crippen molar-refractivity contribution in [2.24, 2.45) is 0 Å². The van der Waals surface area contributed by atoms with E-state index in [2.05, 4.69) is 5.32 Å². The molecule has 0 aliphatic rings. The van der Waals surface area contributed by atoms with Crippen molar-refractivity contribution in [3.63, 3.8) is 0 Å². The van der Waals surface area contributed by atoms with E-state index in [0.29, 0.717) is 30.2 Å². The number of rotatable bonds is 8. The third-order valence-electron chi connectivity index (χ3n) is 4.32. The zero-order valence-electron chi connectivity index (χ0n) is 15.8. The smallest absolute Gasteiger partial charge is 0.244 e. The lowest BCUT2D eigenvalue weighted by atomic mass is 10.1. The Morgan fingerprint density at radius 3 is 2.68 bits per heavy atom. The number of hydrogen-bond donors (Lipinski definition) is 2. The lowest BCUT2D eigenvalue weighted by Gasteiger charge is -2.08. The summed E-state index contributed by atoms with van der Waals surface area (Å²) in [5.41, 5.74) is 1.55. The van der Waals surface area contributed by atoms with Crippen molar-refractivity contribution in [2.75, 3.05) is 20.8 Å². The summed E-state index contributed by atoms with van der Waals surface area (Å²) in [6.07, 6.45) is 2.71. The molecule has 6 heteroatoms. The third-order valence-corrected chi connectivity index (χ3v) is 4.32. The van der Waals surface area contributed by atoms with Crippen LogP contribution in [-0.2, 0) is 4.79 Å². The zero-order chi connectivity index (χ0) is 19.9. The molecule has 1 aromatic heterocycles. The Kier molecular flexibility index (Phi) is 6.34. The average Bonchev–Trinajstić information content (AvgIpc) is 3.16. The Balaban J connectivity index is 1.50. The number of hydrogen-bond acceptors (Lipinski definition) is 5. The van der Waals surface area contributed by atoms with Gasteiger partial charge in [0.25, 0.3) is 0 Å². The topological polar surface area (TPSA) is 80.9 Å². The number of amides is 1. The maximum absolute atomic E-state index is 12.0. The lowest BCUT2D eigenvalue weighted by Crippen LogP contribution is -2.23. The molecule has 0 aliphatic heterocycles. The average molecular weight is 381 g/mol. The van der Waals surface area contributed by atoms with Gasteiger partial charge < -0.3 is 24.3 Å². The van der Waals surface area contributed by atoms with Gasteiger partial charge in [-0.3, -0.25) is 4.79 Å². The molecular formula is C22H23NO5. The van der Waals surface area contributed by atoms with Crippen LogP contribution < -0.4 is 14.8 Å². The predicted octanol–water partition coefficient (Wildman–Crippen LogP) is 3.70. The molecule has 1 amide bonds. The van der Waals surface area contributed by atoms with Gasteiger partial charge in [-0.15, -0.1) is 0 Å². The molecule has 1 heterocycles. The molecule has 3 aromatic rings. The molecule has 146 valence electrons. The number of para-hydroxylation sites is 1. The molecule has 0 radical (unpaired) electrons. The van der Waals surface area contributed by atoms with Crippen LogP contribution in [0, 0.1) is 0 Å². The first-order valence-corrected chi connectivity index (χ1v) is 8.95. The molecule has 3 rings (SSSR count). The van der Waals surface area contributed by atoms with E-state index in [9.17, 15) is 9.90 Å². The first kappa shape index (κ1) is 19.5. The highest BCUT2D eigenvalue weighted by Crippen LogP contribution is 2.28. The highest BCUT2D eigenvalue weighted by atomic mass is 16.5. The summed E-state index contributed by atoms with van der Waals surface area (Å²) in [6.45, 7) is 0.327. The van der Waals surface area contributed by atoms with Gasteiger partial charge >= 0.3 is 0 Å². The van der Waals surface area contributed by atoms with Crippen molar-refractivity contribution in [3.05, 3.63) is 65.9 Å². The molecule has 0 saturated carbocycles. The van der Waals surface area contributed by atoms with Crippen LogP contribution in [0.4, 0.5) is 0 Å². The van der Waals surface area contributed by atoms with E-state index >= 15 is 0 Å². The fourth-order valence-corrected chi connectivity index (χ4v) is 2.83. The first-order valence-electron chi connectivity index (χ1n) is 8.95. The molecule has 0 spiro atoms. The largest absolute Gasteiger partial charge is 0.493 e. The number of aliphatic hydroxyl groups is 1. The summed E-state index contributed by atoms with van der Waals surface area (Å²) >= 11 is 0. The Morgan fingerprint density at radius 1 is 1.14 bits per heavy atom. The van der Waals surface area contributed by atoms with E-state index in [0.717, 1.165) is 16.5 Å². The second-order valence-corrected chi connectivity index (χ2v) is 6.23. The minimum Gasteiger partial charge on any atom is -0.493 e. The third kappa shape index (κ3) is 4.72. The molecule has 0 bridgehead atoms. The highest BCUT2D eigenvalue weighted by Gasteiger charge is 2.13. The second kappa shape index (κ2) is 9.10. The highest BCUT2D eigenvalue weighted by molar-refractivity contribution is 5.91. The van der Waals surface area contributed by atoms with E-state index in [1.807, 2.05) is 36.4 Å². The Morgan fingerprint density at radius 2 is 1.93 bits per heavy atom. The molecule has 0 fully saturated rings. The van der Waals surface area contributed by atoms with E-state index in [-0.39, 0.29) is 5.91 Å². The van der Waals surface area contributed by atoms with Crippen LogP contribution in [0.15, 0.2) is 59.0 Å². The van der Waals surface area contributed by atoms with Crippen molar-refractivity contribution in [1.29, 1.82) is 0 Å². The second-order valence-electron chi connectivity index (χ2n) is 6.23. The van der Waals surface area contributed by atoms with Gasteiger partial charge in [0.15, 0.2) is 11.5 Å². The number of benzene rings is 2. The van der Waals surface area contributed by atoms with Crippen molar-refractivity contribution in [1.82, 2.24) is 5.32 Å². The minimum atomic E-state index is -0.775. The molecule has 0 aliphatic carbocycles. The zero-order valence-corrected chi connectivity index (χ0v) is 15.8. The van der Waals surface area contributed by atoms with E-state index in [1.165, 1.54) is 6.08 Å². The number of carbonyl (C=O) groups excluding carboxylic acids is 1. The number of ether oxygens (including phenoxy) is 2. The van der Waals surface area contributed by atoms with Gasteiger partial charge in [-0.25, -0.2) is 0 Å². The first-order chi connectivity index (χ1) is 13.6. The van der Waals surface area contributed by atoms with Gasteiger partial charge in [-0.2, -0.15) is 0 Å². The SMILES string of the molecule is COc1ccc(/C=C/C(=O)NCC[C@H](O)c2cc3ccccc3o2)cc1OC. The standard InChI is InChI=1S/C22H23NO5/c1-26-19-9-7-15(13-21(19)27-2)8-10-22(25)23-12-11-17(24)20-14-16-5-3-4-6-18(16)28-20/h3-10,13-14,17,24H,11-12H2,1-2H3,(H,23,25)/b10-8+/t17-/m0/s1. The van der Waals surface area contributed by atoms with Crippen molar-refractivity contribution in [2.45, 2.75) is 12.5 Å². The normalized spacial score (nSPS) is 12.2. The monoisotopic (exact) mass is 381 g/mol. The van der Waals surface area contributed by atoms with Gasteiger partial charge in [-0.1, -0.05) is 24.3 Å². The fraction of sp³-hybridized carbons (Fsp3) is 0.227. The molecule has 28 heavy (non-hydrogen) atoms. The maximum Gasteiger partial charge on any atom is 0.244 e. The maximum atomic E-state index is 12.0. The predicted molar refractivity (Wildman–Crippen MR) is 107 cm³/mol. The van der Waals surface area contributed by atoms with Crippen LogP contribution in [0.1, 0.15) is 23.8 Å². The summed E-state index contributed by atoms with van der Waals surface area (Å²) in [7, 11) is 3.13. The van der Waals surface area contributed by atoms with Crippen molar-refractivity contribution >= 4 is 23.0 Å². The van der Waals surface area contributed by atoms with Crippen LogP contribution in [0.3, 0.4) is 0 Å². The number of methoxy groups -OCH3 is 2. The van der Waals surface area contributed by atoms with Crippen LogP contribution >= 0.6 is 0 Å². The quantitative estimate of drug-likeness (QED) is 0.582. The molecular weight excluding hydrogens is 358 g/mol. The number of nitrogens with one attached hydrogen (secondary N) is 1. The molecule has 2 aromatic carbocycles. The van der Waals surface area contributed by atoms with Crippen LogP contribution in [0.25, 0.3) is 17.0 Å². The molecule has 2 N–H and O–H groups in total. The summed E-state index contributed by atoms with van der Waals surface area (Å²) < 4.78 is 16.1. The van der Waals surface area contributed by atoms with Gasteiger partial charge in [0.05, 0.1) is 14.2 Å². The fourth-order valence-electron chi connectivity index (χ4n) is 2.83. The van der Waals surface area contributed by atoms with Gasteiger partial charge in [0.2, 0.25) is 5.91 Å². The number of carbonyl (C=O) groups is 1. The Labute approximate surface area is 163 Å². The molecule has 0 saturated heterocycles. The van der Waals surface area contributed by atoms with Crippen molar-refractivity contribution < 1.29 is 23.8 Å². The van der Waals surface area contributed by atoms with E-state index in [4.69, 9.17) is 13.9 Å². The number of aliphatic hydroxyl groups excluding tert-OH is 1. The Bertz CT molecular complexity index is 943. The summed E-state index contributed by atoms with van der Waals surface area (Å²) in [5, 5.41) is 14.0. The van der Waals surface area contributed by atoms with Gasteiger partial charge in [-0.05, 0) is 42.3 Å². The van der Waals surface area contributed by atoms with Gasteiger partial charge in [0.1, 0.15) is 17.4 Å². The van der Waals surface area contributed by atoms with Crippen LogP contribution in [0.5, 0.6) is 11.5 Å². The number of fused-ring (bicyclic) bond motifs is 1. The molecule has 1 atom stereocenters. The minimum absolute atomic E-state index is 0.244. The summed E-state index contributed by atoms with van der Waals surface area (Å²) in [4.78, 5) is 12.0. The van der Waals surface area contributed by atoms with Crippen LogP contribution in [0.2, 0.25) is 0 Å². The van der Waals surface area contributed by atoms with E-state index < -0.39 is 6.10 Å². The van der Waals surface area contributed by atoms with Crippen LogP contribution in [-0.4, -0.2) is 31.8 Å².